The van der Waals surface area contributed by atoms with Crippen LogP contribution in [0.15, 0.2) is 69.6 Å². The molecule has 0 fully saturated rings. The number of nitrogens with one attached hydrogen (secondary N) is 1. The van der Waals surface area contributed by atoms with Crippen molar-refractivity contribution in [2.75, 3.05) is 12.4 Å². The standard InChI is InChI=1S/C21H14BrClN2O3/c1-27-18-8-6-12(10-15(18)22)21-25-17-11-13(7-9-19(17)28-21)24-20(26)14-4-2-3-5-16(14)23/h2-11H,1H3,(H,24,26). The second-order valence-electron chi connectivity index (χ2n) is 5.98. The van der Waals surface area contributed by atoms with Gasteiger partial charge in [0, 0.05) is 11.3 Å². The molecule has 0 saturated heterocycles. The van der Waals surface area contributed by atoms with Crippen molar-refractivity contribution in [2.45, 2.75) is 0 Å². The number of benzene rings is 3. The largest absolute Gasteiger partial charge is 0.496 e. The number of aromatic nitrogens is 1. The van der Waals surface area contributed by atoms with Crippen molar-refractivity contribution in [1.29, 1.82) is 0 Å². The molecule has 1 amide bonds. The molecule has 5 nitrogen and oxygen atoms in total. The number of nitrogens with zero attached hydrogens (tertiary/aromatic N) is 1. The lowest BCUT2D eigenvalue weighted by Crippen LogP contribution is -2.12. The van der Waals surface area contributed by atoms with Gasteiger partial charge in [0.2, 0.25) is 5.89 Å². The fourth-order valence-corrected chi connectivity index (χ4v) is 3.53. The number of carbonyl (C=O) groups excluding carboxylic acids is 1. The molecule has 3 aromatic carbocycles. The normalized spacial score (nSPS) is 10.8. The van der Waals surface area contributed by atoms with Crippen molar-refractivity contribution >= 4 is 50.2 Å². The average Bonchev–Trinajstić information content (AvgIpc) is 3.11. The fraction of sp³-hybridized carbons (Fsp3) is 0.0476. The summed E-state index contributed by atoms with van der Waals surface area (Å²) < 4.78 is 11.9. The summed E-state index contributed by atoms with van der Waals surface area (Å²) in [6, 6.07) is 17.8. The van der Waals surface area contributed by atoms with Gasteiger partial charge in [-0.3, -0.25) is 4.79 Å². The van der Waals surface area contributed by atoms with Gasteiger partial charge in [0.05, 0.1) is 22.2 Å². The summed E-state index contributed by atoms with van der Waals surface area (Å²) in [5.41, 5.74) is 3.09. The van der Waals surface area contributed by atoms with Gasteiger partial charge >= 0.3 is 0 Å². The maximum absolute atomic E-state index is 12.4. The number of hydrogen-bond acceptors (Lipinski definition) is 4. The molecule has 1 N–H and O–H groups in total. The minimum Gasteiger partial charge on any atom is -0.496 e. The lowest BCUT2D eigenvalue weighted by molar-refractivity contribution is 0.102. The first-order valence-electron chi connectivity index (χ1n) is 8.35. The summed E-state index contributed by atoms with van der Waals surface area (Å²) in [5.74, 6) is 0.921. The summed E-state index contributed by atoms with van der Waals surface area (Å²) in [4.78, 5) is 17.0. The van der Waals surface area contributed by atoms with E-state index in [2.05, 4.69) is 26.2 Å². The third kappa shape index (κ3) is 3.61. The second kappa shape index (κ2) is 7.66. The minimum absolute atomic E-state index is 0.284. The molecule has 1 aromatic heterocycles. The van der Waals surface area contributed by atoms with E-state index in [9.17, 15) is 4.79 Å². The van der Waals surface area contributed by atoms with Gasteiger partial charge in [-0.05, 0) is 64.5 Å². The van der Waals surface area contributed by atoms with E-state index in [-0.39, 0.29) is 5.91 Å². The van der Waals surface area contributed by atoms with Crippen LogP contribution in [0.25, 0.3) is 22.6 Å². The second-order valence-corrected chi connectivity index (χ2v) is 7.25. The molecule has 4 aromatic rings. The molecule has 0 aliphatic heterocycles. The van der Waals surface area contributed by atoms with Gasteiger partial charge in [-0.25, -0.2) is 4.98 Å². The lowest BCUT2D eigenvalue weighted by atomic mass is 10.2. The van der Waals surface area contributed by atoms with Crippen LogP contribution >= 0.6 is 27.5 Å². The Labute approximate surface area is 174 Å². The SMILES string of the molecule is COc1ccc(-c2nc3cc(NC(=O)c4ccccc4Cl)ccc3o2)cc1Br. The molecule has 0 spiro atoms. The maximum Gasteiger partial charge on any atom is 0.257 e. The monoisotopic (exact) mass is 456 g/mol. The van der Waals surface area contributed by atoms with Crippen molar-refractivity contribution in [3.8, 4) is 17.2 Å². The minimum atomic E-state index is -0.284. The molecule has 0 atom stereocenters. The Kier molecular flexibility index (Phi) is 5.07. The molecular formula is C21H14BrClN2O3. The predicted octanol–water partition coefficient (Wildman–Crippen LogP) is 6.17. The highest BCUT2D eigenvalue weighted by molar-refractivity contribution is 9.10. The lowest BCUT2D eigenvalue weighted by Gasteiger charge is -2.06. The summed E-state index contributed by atoms with van der Waals surface area (Å²) in [6.45, 7) is 0. The van der Waals surface area contributed by atoms with Gasteiger partial charge in [0.15, 0.2) is 5.58 Å². The first kappa shape index (κ1) is 18.5. The summed E-state index contributed by atoms with van der Waals surface area (Å²) in [7, 11) is 1.61. The molecule has 4 rings (SSSR count). The van der Waals surface area contributed by atoms with E-state index in [1.165, 1.54) is 0 Å². The molecule has 0 aliphatic rings. The van der Waals surface area contributed by atoms with Crippen LogP contribution in [0.3, 0.4) is 0 Å². The molecule has 0 unspecified atom stereocenters. The van der Waals surface area contributed by atoms with Crippen LogP contribution in [-0.4, -0.2) is 18.0 Å². The third-order valence-electron chi connectivity index (χ3n) is 4.16. The molecule has 1 heterocycles. The van der Waals surface area contributed by atoms with Crippen LogP contribution in [0, 0.1) is 0 Å². The number of hydrogen-bond donors (Lipinski definition) is 1. The molecule has 0 radical (unpaired) electrons. The number of anilines is 1. The Balaban J connectivity index is 1.62. The maximum atomic E-state index is 12.4. The average molecular weight is 458 g/mol. The number of carbonyl (C=O) groups is 1. The Hall–Kier alpha value is -2.83. The summed E-state index contributed by atoms with van der Waals surface area (Å²) in [6.07, 6.45) is 0. The van der Waals surface area contributed by atoms with Gasteiger partial charge in [0.25, 0.3) is 5.91 Å². The van der Waals surface area contributed by atoms with Crippen LogP contribution in [0.4, 0.5) is 5.69 Å². The van der Waals surface area contributed by atoms with Gasteiger partial charge in [-0.2, -0.15) is 0 Å². The van der Waals surface area contributed by atoms with Crippen molar-refractivity contribution in [1.82, 2.24) is 4.98 Å². The van der Waals surface area contributed by atoms with Crippen LogP contribution in [0.2, 0.25) is 5.02 Å². The van der Waals surface area contributed by atoms with E-state index < -0.39 is 0 Å². The Morgan fingerprint density at radius 1 is 1.14 bits per heavy atom. The summed E-state index contributed by atoms with van der Waals surface area (Å²) in [5, 5.41) is 3.23. The molecule has 140 valence electrons. The van der Waals surface area contributed by atoms with Crippen molar-refractivity contribution in [3.05, 3.63) is 75.7 Å². The molecule has 0 bridgehead atoms. The third-order valence-corrected chi connectivity index (χ3v) is 5.11. The number of rotatable bonds is 4. The number of amides is 1. The van der Waals surface area contributed by atoms with Crippen LogP contribution < -0.4 is 10.1 Å². The zero-order chi connectivity index (χ0) is 19.7. The zero-order valence-corrected chi connectivity index (χ0v) is 17.0. The van der Waals surface area contributed by atoms with Gasteiger partial charge in [0.1, 0.15) is 11.3 Å². The van der Waals surface area contributed by atoms with Crippen molar-refractivity contribution in [3.63, 3.8) is 0 Å². The van der Waals surface area contributed by atoms with E-state index in [0.29, 0.717) is 33.3 Å². The molecule has 0 saturated carbocycles. The van der Waals surface area contributed by atoms with E-state index in [4.69, 9.17) is 20.8 Å². The van der Waals surface area contributed by atoms with Crippen molar-refractivity contribution < 1.29 is 13.9 Å². The molecular weight excluding hydrogens is 444 g/mol. The highest BCUT2D eigenvalue weighted by Gasteiger charge is 2.13. The van der Waals surface area contributed by atoms with E-state index in [1.807, 2.05) is 18.2 Å². The van der Waals surface area contributed by atoms with Crippen molar-refractivity contribution in [2.24, 2.45) is 0 Å². The Morgan fingerprint density at radius 3 is 2.71 bits per heavy atom. The fourth-order valence-electron chi connectivity index (χ4n) is 2.77. The number of halogens is 2. The van der Waals surface area contributed by atoms with Crippen LogP contribution in [0.1, 0.15) is 10.4 Å². The number of ether oxygens (including phenoxy) is 1. The number of oxazole rings is 1. The quantitative estimate of drug-likeness (QED) is 0.398. The highest BCUT2D eigenvalue weighted by Crippen LogP contribution is 2.32. The first-order chi connectivity index (χ1) is 13.5. The van der Waals surface area contributed by atoms with E-state index in [0.717, 1.165) is 15.8 Å². The summed E-state index contributed by atoms with van der Waals surface area (Å²) >= 11 is 9.55. The topological polar surface area (TPSA) is 64.4 Å². The van der Waals surface area contributed by atoms with Crippen LogP contribution in [0.5, 0.6) is 5.75 Å². The Morgan fingerprint density at radius 2 is 1.96 bits per heavy atom. The smallest absolute Gasteiger partial charge is 0.257 e. The van der Waals surface area contributed by atoms with E-state index in [1.54, 1.807) is 49.6 Å². The van der Waals surface area contributed by atoms with Crippen LogP contribution in [-0.2, 0) is 0 Å². The Bertz CT molecular complexity index is 1190. The number of fused-ring (bicyclic) bond motifs is 1. The van der Waals surface area contributed by atoms with E-state index >= 15 is 0 Å². The molecule has 28 heavy (non-hydrogen) atoms. The van der Waals surface area contributed by atoms with Gasteiger partial charge in [-0.15, -0.1) is 0 Å². The zero-order valence-electron chi connectivity index (χ0n) is 14.7. The molecule has 0 aliphatic carbocycles. The van der Waals surface area contributed by atoms with Gasteiger partial charge < -0.3 is 14.5 Å². The predicted molar refractivity (Wildman–Crippen MR) is 113 cm³/mol. The number of methoxy groups -OCH3 is 1. The first-order valence-corrected chi connectivity index (χ1v) is 9.52. The highest BCUT2D eigenvalue weighted by atomic mass is 79.9. The van der Waals surface area contributed by atoms with Gasteiger partial charge in [-0.1, -0.05) is 23.7 Å². The molecule has 7 heteroatoms.